The van der Waals surface area contributed by atoms with Gasteiger partial charge < -0.3 is 14.8 Å². The van der Waals surface area contributed by atoms with E-state index in [1.54, 1.807) is 20.8 Å². The van der Waals surface area contributed by atoms with Crippen molar-refractivity contribution in [2.24, 2.45) is 0 Å². The van der Waals surface area contributed by atoms with E-state index in [1.807, 2.05) is 0 Å². The molecule has 0 spiro atoms. The molecule has 23 heavy (non-hydrogen) atoms. The average molecular weight is 343 g/mol. The fraction of sp³-hybridized carbons (Fsp3) is 0.467. The highest BCUT2D eigenvalue weighted by Crippen LogP contribution is 2.19. The van der Waals surface area contributed by atoms with Gasteiger partial charge in [-0.3, -0.25) is 0 Å². The quantitative estimate of drug-likeness (QED) is 0.814. The van der Waals surface area contributed by atoms with Crippen LogP contribution in [-0.2, 0) is 19.3 Å². The van der Waals surface area contributed by atoms with Crippen LogP contribution in [0.1, 0.15) is 41.5 Å². The van der Waals surface area contributed by atoms with E-state index in [4.69, 9.17) is 4.74 Å². The molecule has 1 rings (SSSR count). The van der Waals surface area contributed by atoms with Gasteiger partial charge in [0, 0.05) is 11.9 Å². The number of sulfone groups is 1. The number of hydrogen-bond acceptors (Lipinski definition) is 7. The minimum absolute atomic E-state index is 0.117. The van der Waals surface area contributed by atoms with Crippen LogP contribution in [0.5, 0.6) is 0 Å². The van der Waals surface area contributed by atoms with E-state index < -0.39 is 27.4 Å². The fourth-order valence-electron chi connectivity index (χ4n) is 1.63. The molecule has 0 bridgehead atoms. The molecular formula is C15H21NO6S. The third kappa shape index (κ3) is 6.68. The normalized spacial score (nSPS) is 11.7. The number of hydrogen-bond donors (Lipinski definition) is 1. The molecule has 0 aliphatic carbocycles. The summed E-state index contributed by atoms with van der Waals surface area (Å²) >= 11 is 0. The number of esters is 2. The molecule has 0 aliphatic heterocycles. The first-order valence-corrected chi connectivity index (χ1v) is 8.86. The summed E-state index contributed by atoms with van der Waals surface area (Å²) < 4.78 is 32.4. The van der Waals surface area contributed by atoms with Crippen molar-refractivity contribution in [2.45, 2.75) is 26.4 Å². The van der Waals surface area contributed by atoms with E-state index in [0.29, 0.717) is 5.69 Å². The maximum atomic E-state index is 12.2. The third-order valence-corrected chi connectivity index (χ3v) is 3.20. The van der Waals surface area contributed by atoms with Gasteiger partial charge >= 0.3 is 11.9 Å². The second-order valence-electron chi connectivity index (χ2n) is 6.04. The van der Waals surface area contributed by atoms with Crippen LogP contribution in [-0.4, -0.2) is 45.2 Å². The van der Waals surface area contributed by atoms with Crippen LogP contribution in [0.4, 0.5) is 5.69 Å². The summed E-state index contributed by atoms with van der Waals surface area (Å²) in [5.41, 5.74) is -0.150. The van der Waals surface area contributed by atoms with Gasteiger partial charge in [-0.1, -0.05) is 0 Å². The minimum Gasteiger partial charge on any atom is -0.465 e. The number of nitrogens with one attached hydrogen (secondary N) is 1. The highest BCUT2D eigenvalue weighted by molar-refractivity contribution is 7.90. The zero-order chi connectivity index (χ0) is 17.8. The van der Waals surface area contributed by atoms with Crippen molar-refractivity contribution in [3.63, 3.8) is 0 Å². The third-order valence-electron chi connectivity index (χ3n) is 2.53. The van der Waals surface area contributed by atoms with Gasteiger partial charge in [0.2, 0.25) is 0 Å². The Morgan fingerprint density at radius 2 is 1.61 bits per heavy atom. The largest absolute Gasteiger partial charge is 0.465 e. The molecule has 0 saturated heterocycles. The van der Waals surface area contributed by atoms with E-state index in [1.165, 1.54) is 25.3 Å². The van der Waals surface area contributed by atoms with Crippen molar-refractivity contribution in [2.75, 3.05) is 24.6 Å². The minimum atomic E-state index is -3.27. The maximum Gasteiger partial charge on any atom is 0.338 e. The number of rotatable bonds is 5. The van der Waals surface area contributed by atoms with E-state index in [0.717, 1.165) is 6.26 Å². The topological polar surface area (TPSA) is 98.8 Å². The molecule has 0 amide bonds. The summed E-state index contributed by atoms with van der Waals surface area (Å²) in [7, 11) is -2.05. The molecule has 1 N–H and O–H groups in total. The Hall–Kier alpha value is -2.09. The molecule has 0 saturated carbocycles. The maximum absolute atomic E-state index is 12.2. The van der Waals surface area contributed by atoms with Gasteiger partial charge in [-0.15, -0.1) is 0 Å². The van der Waals surface area contributed by atoms with Gasteiger partial charge in [0.15, 0.2) is 9.84 Å². The second kappa shape index (κ2) is 6.99. The summed E-state index contributed by atoms with van der Waals surface area (Å²) in [5.74, 6) is -1.59. The molecule has 0 aliphatic rings. The molecule has 0 fully saturated rings. The molecule has 8 heteroatoms. The summed E-state index contributed by atoms with van der Waals surface area (Å²) in [5, 5.41) is 2.66. The number of carbonyl (C=O) groups is 2. The molecule has 128 valence electrons. The van der Waals surface area contributed by atoms with Crippen LogP contribution in [0.3, 0.4) is 0 Å². The molecular weight excluding hydrogens is 322 g/mol. The van der Waals surface area contributed by atoms with E-state index in [-0.39, 0.29) is 17.0 Å². The van der Waals surface area contributed by atoms with Crippen molar-refractivity contribution < 1.29 is 27.5 Å². The van der Waals surface area contributed by atoms with Crippen molar-refractivity contribution in [1.29, 1.82) is 0 Å². The lowest BCUT2D eigenvalue weighted by Gasteiger charge is -2.20. The predicted octanol–water partition coefficient (Wildman–Crippen LogP) is 1.84. The molecule has 0 radical (unpaired) electrons. The molecule has 1 aromatic carbocycles. The van der Waals surface area contributed by atoms with E-state index in [9.17, 15) is 18.0 Å². The van der Waals surface area contributed by atoms with Crippen molar-refractivity contribution in [3.05, 3.63) is 29.3 Å². The van der Waals surface area contributed by atoms with Gasteiger partial charge in [-0.05, 0) is 39.0 Å². The van der Waals surface area contributed by atoms with Gasteiger partial charge in [0.25, 0.3) is 0 Å². The van der Waals surface area contributed by atoms with Crippen molar-refractivity contribution >= 4 is 27.5 Å². The van der Waals surface area contributed by atoms with Gasteiger partial charge in [-0.25, -0.2) is 18.0 Å². The van der Waals surface area contributed by atoms with Crippen LogP contribution in [0.15, 0.2) is 18.2 Å². The Bertz CT molecular complexity index is 703. The summed E-state index contributed by atoms with van der Waals surface area (Å²) in [6.07, 6.45) is 1.07. The molecule has 0 atom stereocenters. The molecule has 0 unspecified atom stereocenters. The summed E-state index contributed by atoms with van der Waals surface area (Å²) in [6, 6.07) is 4.17. The summed E-state index contributed by atoms with van der Waals surface area (Å²) in [4.78, 5) is 23.9. The molecule has 7 nitrogen and oxygen atoms in total. The smallest absolute Gasteiger partial charge is 0.338 e. The number of methoxy groups -OCH3 is 1. The first-order valence-electron chi connectivity index (χ1n) is 6.79. The van der Waals surface area contributed by atoms with Gasteiger partial charge in [-0.2, -0.15) is 0 Å². The Morgan fingerprint density at radius 3 is 2.04 bits per heavy atom. The first-order chi connectivity index (χ1) is 10.4. The standard InChI is InChI=1S/C15H21NO6S/c1-15(2,3)22-14(18)11-6-10(13(17)21-4)7-12(8-11)16-9-23(5,19)20/h6-8,16H,9H2,1-5H3. The lowest BCUT2D eigenvalue weighted by Crippen LogP contribution is -2.24. The van der Waals surface area contributed by atoms with Gasteiger partial charge in [0.05, 0.1) is 18.2 Å². The highest BCUT2D eigenvalue weighted by Gasteiger charge is 2.20. The lowest BCUT2D eigenvalue weighted by molar-refractivity contribution is 0.00695. The fourth-order valence-corrected chi connectivity index (χ4v) is 2.06. The zero-order valence-electron chi connectivity index (χ0n) is 13.8. The Labute approximate surface area is 135 Å². The van der Waals surface area contributed by atoms with E-state index >= 15 is 0 Å². The van der Waals surface area contributed by atoms with Crippen LogP contribution in [0.25, 0.3) is 0 Å². The highest BCUT2D eigenvalue weighted by atomic mass is 32.2. The Balaban J connectivity index is 3.19. The predicted molar refractivity (Wildman–Crippen MR) is 86.3 cm³/mol. The first kappa shape index (κ1) is 19.0. The van der Waals surface area contributed by atoms with Crippen molar-refractivity contribution in [3.8, 4) is 0 Å². The van der Waals surface area contributed by atoms with Crippen LogP contribution < -0.4 is 5.32 Å². The molecule has 1 aromatic rings. The Kier molecular flexibility index (Phi) is 5.76. The van der Waals surface area contributed by atoms with E-state index in [2.05, 4.69) is 10.1 Å². The number of benzene rings is 1. The van der Waals surface area contributed by atoms with Crippen LogP contribution >= 0.6 is 0 Å². The van der Waals surface area contributed by atoms with Crippen LogP contribution in [0.2, 0.25) is 0 Å². The van der Waals surface area contributed by atoms with Crippen molar-refractivity contribution in [1.82, 2.24) is 0 Å². The molecule has 0 heterocycles. The SMILES string of the molecule is COC(=O)c1cc(NCS(C)(=O)=O)cc(C(=O)OC(C)(C)C)c1. The monoisotopic (exact) mass is 343 g/mol. The average Bonchev–Trinajstić information content (AvgIpc) is 2.41. The number of ether oxygens (including phenoxy) is 2. The molecule has 0 aromatic heterocycles. The Morgan fingerprint density at radius 1 is 1.09 bits per heavy atom. The number of carbonyl (C=O) groups excluding carboxylic acids is 2. The van der Waals surface area contributed by atoms with Crippen LogP contribution in [0, 0.1) is 0 Å². The second-order valence-corrected chi connectivity index (χ2v) is 8.18. The summed E-state index contributed by atoms with van der Waals surface area (Å²) in [6.45, 7) is 5.16. The van der Waals surface area contributed by atoms with Gasteiger partial charge in [0.1, 0.15) is 11.5 Å². The zero-order valence-corrected chi connectivity index (χ0v) is 14.6. The lowest BCUT2D eigenvalue weighted by atomic mass is 10.1. The number of anilines is 1.